The van der Waals surface area contributed by atoms with E-state index in [-0.39, 0.29) is 5.56 Å². The molecule has 0 aliphatic heterocycles. The van der Waals surface area contributed by atoms with E-state index in [0.717, 1.165) is 6.08 Å². The number of thiol groups is 1. The number of aromatic carboxylic acids is 1. The first-order chi connectivity index (χ1) is 6.99. The number of aliphatic carboxylic acids is 1. The van der Waals surface area contributed by atoms with Crippen LogP contribution in [0.1, 0.15) is 10.4 Å². The van der Waals surface area contributed by atoms with Gasteiger partial charge < -0.3 is 10.2 Å². The second kappa shape index (κ2) is 6.67. The van der Waals surface area contributed by atoms with E-state index in [1.807, 2.05) is 0 Å². The molecule has 5 heteroatoms. The van der Waals surface area contributed by atoms with E-state index in [9.17, 15) is 9.59 Å². The highest BCUT2D eigenvalue weighted by atomic mass is 32.1. The molecule has 0 spiro atoms. The fourth-order valence-corrected chi connectivity index (χ4v) is 0.911. The lowest BCUT2D eigenvalue weighted by Gasteiger charge is -1.95. The number of hydrogen-bond acceptors (Lipinski definition) is 3. The van der Waals surface area contributed by atoms with Crippen molar-refractivity contribution in [1.82, 2.24) is 0 Å². The number of benzene rings is 1. The number of carboxylic acids is 2. The monoisotopic (exact) mass is 226 g/mol. The summed E-state index contributed by atoms with van der Waals surface area (Å²) in [6, 6.07) is 6.58. The predicted molar refractivity (Wildman–Crippen MR) is 58.5 cm³/mol. The summed E-state index contributed by atoms with van der Waals surface area (Å²) >= 11 is 3.96. The van der Waals surface area contributed by atoms with Crippen LogP contribution < -0.4 is 0 Å². The molecule has 0 amide bonds. The first-order valence-corrected chi connectivity index (χ1v) is 4.30. The van der Waals surface area contributed by atoms with Gasteiger partial charge in [-0.25, -0.2) is 9.59 Å². The van der Waals surface area contributed by atoms with E-state index in [2.05, 4.69) is 19.2 Å². The van der Waals surface area contributed by atoms with Gasteiger partial charge in [0.05, 0.1) is 5.56 Å². The van der Waals surface area contributed by atoms with Crippen molar-refractivity contribution >= 4 is 24.6 Å². The molecule has 15 heavy (non-hydrogen) atoms. The van der Waals surface area contributed by atoms with Gasteiger partial charge in [-0.2, -0.15) is 0 Å². The Balaban J connectivity index is 0.000000336. The zero-order valence-electron chi connectivity index (χ0n) is 7.75. The summed E-state index contributed by atoms with van der Waals surface area (Å²) in [6.45, 7) is 2.96. The minimum atomic E-state index is -0.981. The smallest absolute Gasteiger partial charge is 0.336 e. The summed E-state index contributed by atoms with van der Waals surface area (Å²) in [4.78, 5) is 20.1. The molecule has 0 aromatic heterocycles. The second-order valence-corrected chi connectivity index (χ2v) is 2.85. The molecule has 0 heterocycles. The lowest BCUT2D eigenvalue weighted by atomic mass is 10.2. The molecule has 0 radical (unpaired) electrons. The van der Waals surface area contributed by atoms with E-state index in [1.54, 1.807) is 18.2 Å². The minimum Gasteiger partial charge on any atom is -0.478 e. The molecule has 1 aromatic rings. The lowest BCUT2D eigenvalue weighted by Crippen LogP contribution is -1.96. The van der Waals surface area contributed by atoms with Crippen LogP contribution in [-0.4, -0.2) is 22.2 Å². The van der Waals surface area contributed by atoms with E-state index >= 15 is 0 Å². The average molecular weight is 226 g/mol. The molecular weight excluding hydrogens is 216 g/mol. The van der Waals surface area contributed by atoms with E-state index in [0.29, 0.717) is 4.90 Å². The highest BCUT2D eigenvalue weighted by Crippen LogP contribution is 2.11. The maximum absolute atomic E-state index is 10.4. The van der Waals surface area contributed by atoms with Crippen LogP contribution in [0, 0.1) is 0 Å². The Morgan fingerprint density at radius 3 is 2.00 bits per heavy atom. The molecule has 0 atom stereocenters. The Hall–Kier alpha value is -1.75. The quantitative estimate of drug-likeness (QED) is 0.532. The highest BCUT2D eigenvalue weighted by Gasteiger charge is 2.03. The van der Waals surface area contributed by atoms with Gasteiger partial charge in [0.2, 0.25) is 0 Å². The van der Waals surface area contributed by atoms with E-state index in [4.69, 9.17) is 10.2 Å². The lowest BCUT2D eigenvalue weighted by molar-refractivity contribution is -0.131. The summed E-state index contributed by atoms with van der Waals surface area (Å²) in [5.41, 5.74) is 0.242. The van der Waals surface area contributed by atoms with Crippen molar-refractivity contribution in [2.45, 2.75) is 4.90 Å². The van der Waals surface area contributed by atoms with Crippen LogP contribution in [0.2, 0.25) is 0 Å². The van der Waals surface area contributed by atoms with Crippen LogP contribution in [0.3, 0.4) is 0 Å². The summed E-state index contributed by atoms with van der Waals surface area (Å²) in [6.07, 6.45) is 0.833. The largest absolute Gasteiger partial charge is 0.478 e. The molecule has 0 fully saturated rings. The number of carbonyl (C=O) groups is 2. The molecule has 1 aromatic carbocycles. The molecule has 0 saturated carbocycles. The Bertz CT molecular complexity index is 373. The topological polar surface area (TPSA) is 74.6 Å². The van der Waals surface area contributed by atoms with Crippen LogP contribution in [0.15, 0.2) is 41.8 Å². The Labute approximate surface area is 92.3 Å². The van der Waals surface area contributed by atoms with Crippen molar-refractivity contribution in [3.8, 4) is 0 Å². The summed E-state index contributed by atoms with van der Waals surface area (Å²) in [7, 11) is 0. The second-order valence-electron chi connectivity index (χ2n) is 2.36. The van der Waals surface area contributed by atoms with Gasteiger partial charge in [-0.15, -0.1) is 12.6 Å². The van der Waals surface area contributed by atoms with Crippen LogP contribution >= 0.6 is 12.6 Å². The maximum atomic E-state index is 10.4. The van der Waals surface area contributed by atoms with Gasteiger partial charge >= 0.3 is 11.9 Å². The van der Waals surface area contributed by atoms with Crippen LogP contribution in [0.5, 0.6) is 0 Å². The molecule has 0 unspecified atom stereocenters. The van der Waals surface area contributed by atoms with E-state index in [1.165, 1.54) is 6.07 Å². The number of hydrogen-bond donors (Lipinski definition) is 3. The fourth-order valence-electron chi connectivity index (χ4n) is 0.654. The van der Waals surface area contributed by atoms with Gasteiger partial charge in [0.1, 0.15) is 0 Å². The van der Waals surface area contributed by atoms with Crippen LogP contribution in [-0.2, 0) is 4.79 Å². The van der Waals surface area contributed by atoms with Gasteiger partial charge in [-0.1, -0.05) is 18.7 Å². The molecule has 0 aliphatic rings. The molecule has 2 N–H and O–H groups in total. The van der Waals surface area contributed by atoms with Crippen molar-refractivity contribution in [1.29, 1.82) is 0 Å². The highest BCUT2D eigenvalue weighted by molar-refractivity contribution is 7.80. The molecule has 0 saturated heterocycles. The SMILES string of the molecule is C=CC(=O)O.O=C(O)c1ccccc1S. The van der Waals surface area contributed by atoms with E-state index < -0.39 is 11.9 Å². The predicted octanol–water partition coefficient (Wildman–Crippen LogP) is 1.93. The normalized spacial score (nSPS) is 8.33. The first-order valence-electron chi connectivity index (χ1n) is 3.85. The molecule has 80 valence electrons. The Morgan fingerprint density at radius 2 is 1.73 bits per heavy atom. The third kappa shape index (κ3) is 5.53. The minimum absolute atomic E-state index is 0.242. The average Bonchev–Trinajstić information content (AvgIpc) is 2.19. The fraction of sp³-hybridized carbons (Fsp3) is 0. The van der Waals surface area contributed by atoms with Gasteiger partial charge in [0.15, 0.2) is 0 Å². The van der Waals surface area contributed by atoms with Gasteiger partial charge in [0, 0.05) is 11.0 Å². The summed E-state index contributed by atoms with van der Waals surface area (Å²) in [5, 5.41) is 16.1. The van der Waals surface area contributed by atoms with Crippen LogP contribution in [0.25, 0.3) is 0 Å². The number of rotatable bonds is 2. The van der Waals surface area contributed by atoms with Gasteiger partial charge in [-0.05, 0) is 12.1 Å². The van der Waals surface area contributed by atoms with Crippen molar-refractivity contribution in [3.63, 3.8) is 0 Å². The first kappa shape index (κ1) is 13.2. The van der Waals surface area contributed by atoms with Gasteiger partial charge in [0.25, 0.3) is 0 Å². The summed E-state index contributed by atoms with van der Waals surface area (Å²) in [5.74, 6) is -1.92. The van der Waals surface area contributed by atoms with Crippen LogP contribution in [0.4, 0.5) is 0 Å². The van der Waals surface area contributed by atoms with Crippen molar-refractivity contribution in [3.05, 3.63) is 42.5 Å². The molecular formula is C10H10O4S. The van der Waals surface area contributed by atoms with Crippen molar-refractivity contribution in [2.75, 3.05) is 0 Å². The maximum Gasteiger partial charge on any atom is 0.336 e. The zero-order chi connectivity index (χ0) is 11.8. The molecule has 4 nitrogen and oxygen atoms in total. The third-order valence-corrected chi connectivity index (χ3v) is 1.70. The van der Waals surface area contributed by atoms with Crippen molar-refractivity contribution < 1.29 is 19.8 Å². The molecule has 1 rings (SSSR count). The Morgan fingerprint density at radius 1 is 1.27 bits per heavy atom. The van der Waals surface area contributed by atoms with Gasteiger partial charge in [-0.3, -0.25) is 0 Å². The summed E-state index contributed by atoms with van der Waals surface area (Å²) < 4.78 is 0. The zero-order valence-corrected chi connectivity index (χ0v) is 8.65. The van der Waals surface area contributed by atoms with Crippen molar-refractivity contribution in [2.24, 2.45) is 0 Å². The molecule has 0 bridgehead atoms. The Kier molecular flexibility index (Phi) is 5.89. The standard InChI is InChI=1S/C7H6O2S.C3H4O2/c8-7(9)5-3-1-2-4-6(5)10;1-2-3(4)5/h1-4,10H,(H,8,9);2H,1H2,(H,4,5). The number of carboxylic acid groups (broad SMARTS) is 2. The molecule has 0 aliphatic carbocycles. The third-order valence-electron chi connectivity index (χ3n) is 1.31.